The molecule has 156 valence electrons. The van der Waals surface area contributed by atoms with E-state index in [0.717, 1.165) is 67.6 Å². The summed E-state index contributed by atoms with van der Waals surface area (Å²) < 4.78 is 3.26. The van der Waals surface area contributed by atoms with Gasteiger partial charge in [-0.3, -0.25) is 9.59 Å². The molecule has 0 spiro atoms. The van der Waals surface area contributed by atoms with Crippen molar-refractivity contribution >= 4 is 11.7 Å². The fourth-order valence-corrected chi connectivity index (χ4v) is 4.65. The van der Waals surface area contributed by atoms with E-state index < -0.39 is 0 Å². The predicted octanol–water partition coefficient (Wildman–Crippen LogP) is 1.70. The highest BCUT2D eigenvalue weighted by Gasteiger charge is 2.27. The standard InChI is InChI=1S/C21H25N7O2/c1-12-10-13(2)27-21(22-12)24-19(26-27)20(30)23-15-6-8-16(9-7-15)28-18(29)11-14-4-3-5-17(14)25-28/h10-11,15-16H,3-9H2,1-2H3,(H,23,30). The van der Waals surface area contributed by atoms with Gasteiger partial charge < -0.3 is 5.32 Å². The third-order valence-electron chi connectivity index (χ3n) is 6.18. The van der Waals surface area contributed by atoms with Gasteiger partial charge >= 0.3 is 0 Å². The number of fused-ring (bicyclic) bond motifs is 2. The van der Waals surface area contributed by atoms with E-state index in [9.17, 15) is 9.59 Å². The molecule has 1 amide bonds. The average Bonchev–Trinajstić information content (AvgIpc) is 3.34. The Hall–Kier alpha value is -3.10. The van der Waals surface area contributed by atoms with Gasteiger partial charge in [0, 0.05) is 23.5 Å². The lowest BCUT2D eigenvalue weighted by atomic mass is 9.91. The summed E-state index contributed by atoms with van der Waals surface area (Å²) in [6, 6.07) is 3.80. The van der Waals surface area contributed by atoms with E-state index in [1.54, 1.807) is 15.3 Å². The molecular weight excluding hydrogens is 382 g/mol. The number of aryl methyl sites for hydroxylation is 4. The van der Waals surface area contributed by atoms with Crippen molar-refractivity contribution in [3.05, 3.63) is 51.0 Å². The van der Waals surface area contributed by atoms with E-state index in [-0.39, 0.29) is 29.4 Å². The van der Waals surface area contributed by atoms with Crippen LogP contribution in [-0.2, 0) is 12.8 Å². The first-order chi connectivity index (χ1) is 14.5. The van der Waals surface area contributed by atoms with Gasteiger partial charge in [0.05, 0.1) is 11.7 Å². The van der Waals surface area contributed by atoms with Crippen LogP contribution in [0.3, 0.4) is 0 Å². The number of nitrogens with zero attached hydrogens (tertiary/aromatic N) is 6. The largest absolute Gasteiger partial charge is 0.347 e. The van der Waals surface area contributed by atoms with E-state index in [1.807, 2.05) is 19.9 Å². The molecule has 0 atom stereocenters. The molecule has 0 unspecified atom stereocenters. The quantitative estimate of drug-likeness (QED) is 0.708. The van der Waals surface area contributed by atoms with Crippen LogP contribution in [-0.4, -0.2) is 41.3 Å². The van der Waals surface area contributed by atoms with Crippen LogP contribution in [0, 0.1) is 13.8 Å². The van der Waals surface area contributed by atoms with E-state index in [1.165, 1.54) is 0 Å². The van der Waals surface area contributed by atoms with E-state index in [2.05, 4.69) is 25.5 Å². The molecule has 9 heteroatoms. The topological polar surface area (TPSA) is 107 Å². The second kappa shape index (κ2) is 7.30. The molecule has 1 N–H and O–H groups in total. The number of rotatable bonds is 3. The molecule has 1 fully saturated rings. The van der Waals surface area contributed by atoms with Gasteiger partial charge in [0.2, 0.25) is 5.82 Å². The van der Waals surface area contributed by atoms with Crippen molar-refractivity contribution in [3.8, 4) is 0 Å². The summed E-state index contributed by atoms with van der Waals surface area (Å²) in [5.41, 5.74) is 3.90. The van der Waals surface area contributed by atoms with Crippen molar-refractivity contribution in [1.82, 2.24) is 34.7 Å². The molecule has 1 saturated carbocycles. The Kier molecular flexibility index (Phi) is 4.60. The summed E-state index contributed by atoms with van der Waals surface area (Å²) in [5.74, 6) is 0.284. The van der Waals surface area contributed by atoms with Crippen molar-refractivity contribution < 1.29 is 4.79 Å². The normalized spacial score (nSPS) is 21.0. The molecule has 5 rings (SSSR count). The van der Waals surface area contributed by atoms with Gasteiger partial charge in [0.1, 0.15) is 0 Å². The Morgan fingerprint density at radius 3 is 2.67 bits per heavy atom. The maximum atomic E-state index is 12.7. The maximum Gasteiger partial charge on any atom is 0.291 e. The van der Waals surface area contributed by atoms with Gasteiger partial charge in [-0.25, -0.2) is 14.2 Å². The van der Waals surface area contributed by atoms with Crippen LogP contribution in [0.1, 0.15) is 71.4 Å². The first-order valence-corrected chi connectivity index (χ1v) is 10.6. The molecule has 0 aromatic carbocycles. The molecular formula is C21H25N7O2. The summed E-state index contributed by atoms with van der Waals surface area (Å²) in [7, 11) is 0. The number of hydrogen-bond donors (Lipinski definition) is 1. The van der Waals surface area contributed by atoms with Gasteiger partial charge in [-0.15, -0.1) is 5.10 Å². The molecule has 0 bridgehead atoms. The van der Waals surface area contributed by atoms with Gasteiger partial charge in [0.25, 0.3) is 17.2 Å². The summed E-state index contributed by atoms with van der Waals surface area (Å²) in [5, 5.41) is 12.0. The maximum absolute atomic E-state index is 12.7. The third kappa shape index (κ3) is 3.38. The SMILES string of the molecule is Cc1cc(C)n2nc(C(=O)NC3CCC(n4nc5c(cc4=O)CCC5)CC3)nc2n1. The molecule has 2 aliphatic carbocycles. The molecule has 3 aromatic heterocycles. The Morgan fingerprint density at radius 1 is 1.07 bits per heavy atom. The molecule has 9 nitrogen and oxygen atoms in total. The van der Waals surface area contributed by atoms with Crippen LogP contribution in [0.25, 0.3) is 5.78 Å². The molecule has 2 aliphatic rings. The second-order valence-electron chi connectivity index (χ2n) is 8.42. The highest BCUT2D eigenvalue weighted by atomic mass is 16.2. The van der Waals surface area contributed by atoms with Gasteiger partial charge in [-0.2, -0.15) is 10.1 Å². The summed E-state index contributed by atoms with van der Waals surface area (Å²) in [6.45, 7) is 3.80. The first-order valence-electron chi connectivity index (χ1n) is 10.6. The number of carbonyl (C=O) groups excluding carboxylic acids is 1. The lowest BCUT2D eigenvalue weighted by molar-refractivity contribution is 0.0911. The highest BCUT2D eigenvalue weighted by Crippen LogP contribution is 2.28. The predicted molar refractivity (Wildman–Crippen MR) is 110 cm³/mol. The van der Waals surface area contributed by atoms with Crippen LogP contribution in [0.5, 0.6) is 0 Å². The zero-order valence-electron chi connectivity index (χ0n) is 17.3. The van der Waals surface area contributed by atoms with E-state index >= 15 is 0 Å². The Morgan fingerprint density at radius 2 is 1.87 bits per heavy atom. The molecule has 0 saturated heterocycles. The van der Waals surface area contributed by atoms with Crippen LogP contribution < -0.4 is 10.9 Å². The van der Waals surface area contributed by atoms with Gasteiger partial charge in [-0.1, -0.05) is 0 Å². The van der Waals surface area contributed by atoms with E-state index in [0.29, 0.717) is 5.78 Å². The second-order valence-corrected chi connectivity index (χ2v) is 8.42. The van der Waals surface area contributed by atoms with Crippen molar-refractivity contribution in [2.75, 3.05) is 0 Å². The van der Waals surface area contributed by atoms with Crippen LogP contribution in [0.15, 0.2) is 16.9 Å². The number of amides is 1. The zero-order chi connectivity index (χ0) is 20.8. The van der Waals surface area contributed by atoms with Gasteiger partial charge in [0.15, 0.2) is 0 Å². The lowest BCUT2D eigenvalue weighted by Crippen LogP contribution is -2.40. The molecule has 30 heavy (non-hydrogen) atoms. The third-order valence-corrected chi connectivity index (χ3v) is 6.18. The van der Waals surface area contributed by atoms with Crippen molar-refractivity contribution in [3.63, 3.8) is 0 Å². The molecule has 3 heterocycles. The van der Waals surface area contributed by atoms with Crippen molar-refractivity contribution in [2.45, 2.75) is 70.9 Å². The van der Waals surface area contributed by atoms with Crippen molar-refractivity contribution in [2.24, 2.45) is 0 Å². The lowest BCUT2D eigenvalue weighted by Gasteiger charge is -2.29. The van der Waals surface area contributed by atoms with Gasteiger partial charge in [-0.05, 0) is 70.4 Å². The van der Waals surface area contributed by atoms with Crippen LogP contribution in [0.2, 0.25) is 0 Å². The number of nitrogens with one attached hydrogen (secondary N) is 1. The molecule has 3 aromatic rings. The first kappa shape index (κ1) is 18.9. The average molecular weight is 407 g/mol. The number of aromatic nitrogens is 6. The number of hydrogen-bond acceptors (Lipinski definition) is 6. The summed E-state index contributed by atoms with van der Waals surface area (Å²) in [6.07, 6.45) is 6.22. The fraction of sp³-hybridized carbons (Fsp3) is 0.524. The Balaban J connectivity index is 1.25. The summed E-state index contributed by atoms with van der Waals surface area (Å²) in [4.78, 5) is 33.7. The van der Waals surface area contributed by atoms with Crippen molar-refractivity contribution in [1.29, 1.82) is 0 Å². The van der Waals surface area contributed by atoms with Crippen LogP contribution in [0.4, 0.5) is 0 Å². The zero-order valence-corrected chi connectivity index (χ0v) is 17.3. The van der Waals surface area contributed by atoms with Crippen LogP contribution >= 0.6 is 0 Å². The Labute approximate surface area is 173 Å². The fourth-order valence-electron chi connectivity index (χ4n) is 4.65. The summed E-state index contributed by atoms with van der Waals surface area (Å²) >= 11 is 0. The minimum atomic E-state index is -0.283. The highest BCUT2D eigenvalue weighted by molar-refractivity contribution is 5.91. The smallest absolute Gasteiger partial charge is 0.291 e. The number of carbonyl (C=O) groups is 1. The molecule has 0 aliphatic heterocycles. The monoisotopic (exact) mass is 407 g/mol. The molecule has 0 radical (unpaired) electrons. The Bertz CT molecular complexity index is 1190. The van der Waals surface area contributed by atoms with E-state index in [4.69, 9.17) is 0 Å². The minimum Gasteiger partial charge on any atom is -0.347 e. The minimum absolute atomic E-state index is 0.00445.